The summed E-state index contributed by atoms with van der Waals surface area (Å²) in [5, 5.41) is 0. The van der Waals surface area contributed by atoms with Crippen LogP contribution in [0.15, 0.2) is 0 Å². The van der Waals surface area contributed by atoms with Gasteiger partial charge in [-0.1, -0.05) is 0 Å². The largest absolute Gasteiger partial charge is 0.344 e. The van der Waals surface area contributed by atoms with Gasteiger partial charge in [-0.25, -0.2) is 0 Å². The minimum Gasteiger partial charge on any atom is -0.344 e. The highest BCUT2D eigenvalue weighted by molar-refractivity contribution is 5.72. The van der Waals surface area contributed by atoms with E-state index in [2.05, 4.69) is 0 Å². The fourth-order valence-corrected chi connectivity index (χ4v) is 0. The van der Waals surface area contributed by atoms with Gasteiger partial charge in [0.25, 0.3) is 0 Å². The first-order chi connectivity index (χ1) is 1.73. The molecule has 5 heavy (non-hydrogen) atoms. The highest BCUT2D eigenvalue weighted by atomic mass is 16.1. The predicted molar refractivity (Wildman–Crippen MR) is 21.4 cm³/mol. The smallest absolute Gasteiger partial charge is 0.126 e. The Balaban J connectivity index is 0. The molecule has 0 bridgehead atoms. The molecule has 0 aliphatic carbocycles. The standard InChI is InChI=1S/C3H6O.H3N/c1-3(2)4;/h1-2H3;1H3. The summed E-state index contributed by atoms with van der Waals surface area (Å²) in [6.07, 6.45) is 0. The lowest BCUT2D eigenvalue weighted by molar-refractivity contribution is -0.114. The summed E-state index contributed by atoms with van der Waals surface area (Å²) >= 11 is 0. The zero-order valence-corrected chi connectivity index (χ0v) is 3.62. The molecule has 0 saturated heterocycles. The van der Waals surface area contributed by atoms with Crippen LogP contribution in [0.2, 0.25) is 0 Å². The molecule has 2 nitrogen and oxygen atoms in total. The van der Waals surface area contributed by atoms with Gasteiger partial charge in [-0.15, -0.1) is 0 Å². The van der Waals surface area contributed by atoms with Crippen LogP contribution in [0.5, 0.6) is 0 Å². The van der Waals surface area contributed by atoms with Gasteiger partial charge in [-0.3, -0.25) is 0 Å². The highest BCUT2D eigenvalue weighted by Gasteiger charge is 1.62. The number of carbonyl (C=O) groups excluding carboxylic acids is 1. The van der Waals surface area contributed by atoms with E-state index in [0.29, 0.717) is 0 Å². The van der Waals surface area contributed by atoms with Crippen molar-refractivity contribution in [2.45, 2.75) is 13.8 Å². The molecule has 0 aliphatic rings. The van der Waals surface area contributed by atoms with Crippen molar-refractivity contribution in [3.63, 3.8) is 0 Å². The summed E-state index contributed by atoms with van der Waals surface area (Å²) in [6, 6.07) is 0. The first-order valence-corrected chi connectivity index (χ1v) is 1.20. The van der Waals surface area contributed by atoms with E-state index >= 15 is 0 Å². The number of hydrogen-bond donors (Lipinski definition) is 1. The van der Waals surface area contributed by atoms with E-state index in [0.717, 1.165) is 0 Å². The van der Waals surface area contributed by atoms with E-state index in [4.69, 9.17) is 0 Å². The molecular formula is C3H9NO. The van der Waals surface area contributed by atoms with Gasteiger partial charge in [0.1, 0.15) is 5.78 Å². The number of Topliss-reactive ketones (excluding diaryl/α,β-unsaturated/α-hetero) is 1. The quantitative estimate of drug-likeness (QED) is 0.462. The van der Waals surface area contributed by atoms with Crippen LogP contribution < -0.4 is 6.15 Å². The first-order valence-electron chi connectivity index (χ1n) is 1.20. The molecule has 0 atom stereocenters. The summed E-state index contributed by atoms with van der Waals surface area (Å²) in [5.41, 5.74) is 0. The van der Waals surface area contributed by atoms with Crippen LogP contribution in [0.3, 0.4) is 0 Å². The van der Waals surface area contributed by atoms with E-state index in [1.165, 1.54) is 13.8 Å². The van der Waals surface area contributed by atoms with Crippen LogP contribution in [0.1, 0.15) is 13.8 Å². The normalized spacial score (nSPS) is 5.20. The zero-order chi connectivity index (χ0) is 3.58. The van der Waals surface area contributed by atoms with Crippen LogP contribution in [-0.4, -0.2) is 5.78 Å². The van der Waals surface area contributed by atoms with Crippen LogP contribution in [0, 0.1) is 0 Å². The van der Waals surface area contributed by atoms with E-state index in [9.17, 15) is 4.79 Å². The molecule has 0 heterocycles. The molecule has 0 amide bonds. The molecule has 3 N–H and O–H groups in total. The summed E-state index contributed by atoms with van der Waals surface area (Å²) in [4.78, 5) is 9.44. The Morgan fingerprint density at radius 1 is 1.40 bits per heavy atom. The predicted octanol–water partition coefficient (Wildman–Crippen LogP) is 0.757. The van der Waals surface area contributed by atoms with Gasteiger partial charge >= 0.3 is 0 Å². The number of hydrogen-bond acceptors (Lipinski definition) is 2. The summed E-state index contributed by atoms with van der Waals surface area (Å²) in [6.45, 7) is 3.06. The molecule has 0 radical (unpaired) electrons. The number of ketones is 1. The van der Waals surface area contributed by atoms with Gasteiger partial charge in [-0.2, -0.15) is 0 Å². The zero-order valence-electron chi connectivity index (χ0n) is 3.62. The van der Waals surface area contributed by atoms with Crippen molar-refractivity contribution in [3.8, 4) is 0 Å². The Hall–Kier alpha value is -0.370. The van der Waals surface area contributed by atoms with E-state index < -0.39 is 0 Å². The molecule has 0 rings (SSSR count). The van der Waals surface area contributed by atoms with Crippen LogP contribution in [0.25, 0.3) is 0 Å². The Kier molecular flexibility index (Phi) is 6.40. The molecule has 0 aromatic rings. The Morgan fingerprint density at radius 3 is 1.40 bits per heavy atom. The van der Waals surface area contributed by atoms with Gasteiger partial charge in [0.15, 0.2) is 0 Å². The maximum atomic E-state index is 9.44. The number of carbonyl (C=O) groups is 1. The van der Waals surface area contributed by atoms with Crippen LogP contribution >= 0.6 is 0 Å². The second-order valence-electron chi connectivity index (χ2n) is 0.908. The summed E-state index contributed by atoms with van der Waals surface area (Å²) < 4.78 is 0. The fraction of sp³-hybridized carbons (Fsp3) is 0.667. The Bertz CT molecular complexity index is 29.9. The molecule has 0 fully saturated rings. The molecule has 0 aromatic heterocycles. The van der Waals surface area contributed by atoms with Crippen molar-refractivity contribution in [3.05, 3.63) is 0 Å². The topological polar surface area (TPSA) is 52.1 Å². The van der Waals surface area contributed by atoms with Crippen molar-refractivity contribution < 1.29 is 4.79 Å². The molecule has 0 aromatic carbocycles. The van der Waals surface area contributed by atoms with E-state index in [1.807, 2.05) is 0 Å². The molecule has 32 valence electrons. The van der Waals surface area contributed by atoms with Crippen molar-refractivity contribution in [2.75, 3.05) is 0 Å². The van der Waals surface area contributed by atoms with Crippen LogP contribution in [0.4, 0.5) is 0 Å². The summed E-state index contributed by atoms with van der Waals surface area (Å²) in [5.74, 6) is 0.167. The van der Waals surface area contributed by atoms with E-state index in [-0.39, 0.29) is 11.9 Å². The van der Waals surface area contributed by atoms with Gasteiger partial charge in [0.05, 0.1) is 0 Å². The molecule has 0 aliphatic heterocycles. The number of rotatable bonds is 0. The maximum Gasteiger partial charge on any atom is 0.126 e. The van der Waals surface area contributed by atoms with E-state index in [1.54, 1.807) is 0 Å². The second kappa shape index (κ2) is 3.63. The average molecular weight is 75.1 g/mol. The van der Waals surface area contributed by atoms with Gasteiger partial charge in [0, 0.05) is 0 Å². The molecule has 0 unspecified atom stereocenters. The lowest BCUT2D eigenvalue weighted by Crippen LogP contribution is -1.69. The molecular weight excluding hydrogens is 66.0 g/mol. The van der Waals surface area contributed by atoms with Crippen molar-refractivity contribution >= 4 is 5.78 Å². The lowest BCUT2D eigenvalue weighted by atomic mass is 10.6. The minimum atomic E-state index is 0. The van der Waals surface area contributed by atoms with Gasteiger partial charge in [0.2, 0.25) is 0 Å². The first kappa shape index (κ1) is 8.82. The maximum absolute atomic E-state index is 9.44. The highest BCUT2D eigenvalue weighted by Crippen LogP contribution is 1.50. The van der Waals surface area contributed by atoms with Crippen LogP contribution in [-0.2, 0) is 4.79 Å². The van der Waals surface area contributed by atoms with Crippen molar-refractivity contribution in [1.82, 2.24) is 6.15 Å². The molecule has 0 spiro atoms. The third kappa shape index (κ3) is 70.4. The third-order valence-electron chi connectivity index (χ3n) is 0. The third-order valence-corrected chi connectivity index (χ3v) is 0. The molecule has 0 saturated carbocycles. The lowest BCUT2D eigenvalue weighted by Gasteiger charge is -1.56. The Morgan fingerprint density at radius 2 is 1.40 bits per heavy atom. The van der Waals surface area contributed by atoms with Crippen molar-refractivity contribution in [1.29, 1.82) is 0 Å². The second-order valence-corrected chi connectivity index (χ2v) is 0.908. The molecule has 2 heteroatoms. The van der Waals surface area contributed by atoms with Crippen molar-refractivity contribution in [2.24, 2.45) is 0 Å². The van der Waals surface area contributed by atoms with Gasteiger partial charge < -0.3 is 10.9 Å². The Labute approximate surface area is 31.8 Å². The average Bonchev–Trinajstić information content (AvgIpc) is 0.811. The monoisotopic (exact) mass is 75.1 g/mol. The minimum absolute atomic E-state index is 0. The van der Waals surface area contributed by atoms with Gasteiger partial charge in [-0.05, 0) is 13.8 Å². The fourth-order valence-electron chi connectivity index (χ4n) is 0. The summed E-state index contributed by atoms with van der Waals surface area (Å²) in [7, 11) is 0. The SMILES string of the molecule is CC(C)=O.N.